The second kappa shape index (κ2) is 5.29. The number of hydrogen-bond donors (Lipinski definition) is 2. The SMILES string of the molecule is Cl.O=C(NC1CC12CCNCC2)c1ccccc1. The predicted octanol–water partition coefficient (Wildman–Crippen LogP) is 1.98. The van der Waals surface area contributed by atoms with Crippen LogP contribution < -0.4 is 10.6 Å². The molecule has 2 aliphatic rings. The van der Waals surface area contributed by atoms with Crippen molar-refractivity contribution < 1.29 is 4.79 Å². The zero-order chi connectivity index (χ0) is 11.7. The van der Waals surface area contributed by atoms with E-state index in [1.165, 1.54) is 12.8 Å². The summed E-state index contributed by atoms with van der Waals surface area (Å²) < 4.78 is 0. The van der Waals surface area contributed by atoms with Crippen molar-refractivity contribution in [1.29, 1.82) is 0 Å². The lowest BCUT2D eigenvalue weighted by atomic mass is 9.94. The van der Waals surface area contributed by atoms with Gasteiger partial charge >= 0.3 is 0 Å². The molecule has 1 aliphatic heterocycles. The zero-order valence-corrected chi connectivity index (χ0v) is 11.1. The fraction of sp³-hybridized carbons (Fsp3) is 0.500. The van der Waals surface area contributed by atoms with Crippen LogP contribution in [0.25, 0.3) is 0 Å². The highest BCUT2D eigenvalue weighted by atomic mass is 35.5. The van der Waals surface area contributed by atoms with Crippen LogP contribution in [0, 0.1) is 5.41 Å². The molecule has 2 N–H and O–H groups in total. The van der Waals surface area contributed by atoms with Crippen LogP contribution in [0.5, 0.6) is 0 Å². The first-order valence-corrected chi connectivity index (χ1v) is 6.37. The van der Waals surface area contributed by atoms with Gasteiger partial charge < -0.3 is 10.6 Å². The van der Waals surface area contributed by atoms with Crippen molar-refractivity contribution in [3.05, 3.63) is 35.9 Å². The average Bonchev–Trinajstić information content (AvgIpc) is 3.03. The van der Waals surface area contributed by atoms with E-state index in [0.717, 1.165) is 25.1 Å². The van der Waals surface area contributed by atoms with Crippen molar-refractivity contribution >= 4 is 18.3 Å². The number of halogens is 1. The van der Waals surface area contributed by atoms with E-state index in [0.29, 0.717) is 11.5 Å². The van der Waals surface area contributed by atoms with E-state index in [1.807, 2.05) is 30.3 Å². The Labute approximate surface area is 114 Å². The van der Waals surface area contributed by atoms with Gasteiger partial charge in [0, 0.05) is 11.6 Å². The molecule has 0 bridgehead atoms. The van der Waals surface area contributed by atoms with Crippen LogP contribution in [-0.4, -0.2) is 25.0 Å². The van der Waals surface area contributed by atoms with Crippen molar-refractivity contribution in [1.82, 2.24) is 10.6 Å². The Morgan fingerprint density at radius 3 is 2.56 bits per heavy atom. The molecule has 3 rings (SSSR count). The second-order valence-electron chi connectivity index (χ2n) is 5.21. The van der Waals surface area contributed by atoms with Gasteiger partial charge in [-0.2, -0.15) is 0 Å². The van der Waals surface area contributed by atoms with Gasteiger partial charge in [-0.25, -0.2) is 0 Å². The minimum absolute atomic E-state index is 0. The number of amides is 1. The monoisotopic (exact) mass is 266 g/mol. The maximum atomic E-state index is 12.0. The Bertz CT molecular complexity index is 415. The summed E-state index contributed by atoms with van der Waals surface area (Å²) in [5.41, 5.74) is 1.18. The normalized spacial score (nSPS) is 24.1. The van der Waals surface area contributed by atoms with Crippen LogP contribution in [0.15, 0.2) is 30.3 Å². The second-order valence-corrected chi connectivity index (χ2v) is 5.21. The van der Waals surface area contributed by atoms with Gasteiger partial charge in [0.15, 0.2) is 0 Å². The lowest BCUT2D eigenvalue weighted by molar-refractivity contribution is 0.0942. The van der Waals surface area contributed by atoms with Crippen LogP contribution in [-0.2, 0) is 0 Å². The molecule has 1 unspecified atom stereocenters. The lowest BCUT2D eigenvalue weighted by Gasteiger charge is -2.23. The number of hydrogen-bond acceptors (Lipinski definition) is 2. The van der Waals surface area contributed by atoms with Crippen molar-refractivity contribution in [2.24, 2.45) is 5.41 Å². The molecule has 0 radical (unpaired) electrons. The Kier molecular flexibility index (Phi) is 3.93. The van der Waals surface area contributed by atoms with Gasteiger partial charge in [0.25, 0.3) is 5.91 Å². The van der Waals surface area contributed by atoms with E-state index in [1.54, 1.807) is 0 Å². The summed E-state index contributed by atoms with van der Waals surface area (Å²) in [5, 5.41) is 6.54. The van der Waals surface area contributed by atoms with Crippen molar-refractivity contribution in [2.45, 2.75) is 25.3 Å². The minimum atomic E-state index is 0. The molecule has 18 heavy (non-hydrogen) atoms. The van der Waals surface area contributed by atoms with Crippen LogP contribution >= 0.6 is 12.4 Å². The summed E-state index contributed by atoms with van der Waals surface area (Å²) in [6.07, 6.45) is 3.56. The van der Waals surface area contributed by atoms with Crippen LogP contribution in [0.2, 0.25) is 0 Å². The molecule has 3 nitrogen and oxygen atoms in total. The van der Waals surface area contributed by atoms with E-state index in [4.69, 9.17) is 0 Å². The Balaban J connectivity index is 0.00000120. The molecule has 2 fully saturated rings. The maximum absolute atomic E-state index is 12.0. The molecular formula is C14H19ClN2O. The van der Waals surface area contributed by atoms with Crippen molar-refractivity contribution in [3.8, 4) is 0 Å². The molecule has 1 spiro atoms. The van der Waals surface area contributed by atoms with Gasteiger partial charge in [0.2, 0.25) is 0 Å². The van der Waals surface area contributed by atoms with Gasteiger partial charge in [-0.1, -0.05) is 18.2 Å². The van der Waals surface area contributed by atoms with Gasteiger partial charge in [-0.3, -0.25) is 4.79 Å². The van der Waals surface area contributed by atoms with Gasteiger partial charge in [-0.05, 0) is 49.9 Å². The topological polar surface area (TPSA) is 41.1 Å². The molecule has 4 heteroatoms. The molecular weight excluding hydrogens is 248 g/mol. The minimum Gasteiger partial charge on any atom is -0.349 e. The van der Waals surface area contributed by atoms with Gasteiger partial charge in [-0.15, -0.1) is 12.4 Å². The fourth-order valence-corrected chi connectivity index (χ4v) is 2.86. The van der Waals surface area contributed by atoms with E-state index >= 15 is 0 Å². The molecule has 1 saturated heterocycles. The Hall–Kier alpha value is -1.06. The molecule has 1 atom stereocenters. The highest BCUT2D eigenvalue weighted by molar-refractivity contribution is 5.94. The van der Waals surface area contributed by atoms with E-state index in [2.05, 4.69) is 10.6 Å². The average molecular weight is 267 g/mol. The van der Waals surface area contributed by atoms with Gasteiger partial charge in [0.05, 0.1) is 0 Å². The van der Waals surface area contributed by atoms with E-state index < -0.39 is 0 Å². The van der Waals surface area contributed by atoms with Crippen LogP contribution in [0.3, 0.4) is 0 Å². The number of carbonyl (C=O) groups is 1. The summed E-state index contributed by atoms with van der Waals surface area (Å²) >= 11 is 0. The number of piperidine rings is 1. The Morgan fingerprint density at radius 2 is 1.89 bits per heavy atom. The molecule has 1 aliphatic carbocycles. The smallest absolute Gasteiger partial charge is 0.251 e. The summed E-state index contributed by atoms with van der Waals surface area (Å²) in [4.78, 5) is 12.0. The van der Waals surface area contributed by atoms with Crippen molar-refractivity contribution in [3.63, 3.8) is 0 Å². The summed E-state index contributed by atoms with van der Waals surface area (Å²) in [6.45, 7) is 2.19. The molecule has 1 aromatic rings. The number of benzene rings is 1. The summed E-state index contributed by atoms with van der Waals surface area (Å²) in [5.74, 6) is 0.0750. The summed E-state index contributed by atoms with van der Waals surface area (Å²) in [7, 11) is 0. The zero-order valence-electron chi connectivity index (χ0n) is 10.3. The maximum Gasteiger partial charge on any atom is 0.251 e. The third-order valence-corrected chi connectivity index (χ3v) is 4.13. The van der Waals surface area contributed by atoms with Gasteiger partial charge in [0.1, 0.15) is 0 Å². The quantitative estimate of drug-likeness (QED) is 0.860. The largest absolute Gasteiger partial charge is 0.349 e. The first-order chi connectivity index (χ1) is 8.30. The Morgan fingerprint density at radius 1 is 1.22 bits per heavy atom. The fourth-order valence-electron chi connectivity index (χ4n) is 2.86. The first-order valence-electron chi connectivity index (χ1n) is 6.37. The first kappa shape index (κ1) is 13.4. The molecule has 98 valence electrons. The molecule has 1 amide bonds. The molecule has 1 heterocycles. The third kappa shape index (κ3) is 2.52. The molecule has 1 aromatic carbocycles. The number of rotatable bonds is 2. The number of nitrogens with one attached hydrogen (secondary N) is 2. The molecule has 0 aromatic heterocycles. The predicted molar refractivity (Wildman–Crippen MR) is 74.1 cm³/mol. The molecule has 1 saturated carbocycles. The highest BCUT2D eigenvalue weighted by Gasteiger charge is 2.54. The standard InChI is InChI=1S/C14H18N2O.ClH/c17-13(11-4-2-1-3-5-11)16-12-10-14(12)6-8-15-9-7-14;/h1-5,12,15H,6-10H2,(H,16,17);1H. The van der Waals surface area contributed by atoms with Crippen LogP contribution in [0.1, 0.15) is 29.6 Å². The van der Waals surface area contributed by atoms with E-state index in [-0.39, 0.29) is 18.3 Å². The van der Waals surface area contributed by atoms with E-state index in [9.17, 15) is 4.79 Å². The lowest BCUT2D eigenvalue weighted by Crippen LogP contribution is -2.35. The summed E-state index contributed by atoms with van der Waals surface area (Å²) in [6, 6.07) is 9.88. The highest BCUT2D eigenvalue weighted by Crippen LogP contribution is 2.52. The third-order valence-electron chi connectivity index (χ3n) is 4.13. The number of carbonyl (C=O) groups excluding carboxylic acids is 1. The van der Waals surface area contributed by atoms with Crippen molar-refractivity contribution in [2.75, 3.05) is 13.1 Å². The van der Waals surface area contributed by atoms with Crippen LogP contribution in [0.4, 0.5) is 0 Å².